The molecular formula is C17H33N3O5. The number of nitrogens with one attached hydrogen (secondary N) is 2. The van der Waals surface area contributed by atoms with E-state index in [0.717, 1.165) is 13.1 Å². The van der Waals surface area contributed by atoms with Crippen molar-refractivity contribution in [3.05, 3.63) is 0 Å². The van der Waals surface area contributed by atoms with Gasteiger partial charge in [-0.15, -0.1) is 0 Å². The number of carbonyl (C=O) groups excluding carboxylic acids is 2. The lowest BCUT2D eigenvalue weighted by molar-refractivity contribution is 0.0129. The van der Waals surface area contributed by atoms with E-state index in [1.807, 2.05) is 41.5 Å². The van der Waals surface area contributed by atoms with Crippen molar-refractivity contribution in [3.63, 3.8) is 0 Å². The molecule has 0 atom stereocenters. The minimum atomic E-state index is -0.548. The largest absolute Gasteiger partial charge is 0.444 e. The van der Waals surface area contributed by atoms with Gasteiger partial charge in [-0.1, -0.05) is 0 Å². The summed E-state index contributed by atoms with van der Waals surface area (Å²) in [6.45, 7) is 14.4. The number of carbonyl (C=O) groups is 2. The van der Waals surface area contributed by atoms with Gasteiger partial charge in [0.05, 0.1) is 13.2 Å². The Morgan fingerprint density at radius 1 is 0.920 bits per heavy atom. The number of morpholine rings is 1. The van der Waals surface area contributed by atoms with Gasteiger partial charge in [0.15, 0.2) is 0 Å². The molecule has 0 aliphatic carbocycles. The summed E-state index contributed by atoms with van der Waals surface area (Å²) in [5, 5.41) is 5.55. The molecule has 1 aliphatic heterocycles. The number of hydrogen-bond donors (Lipinski definition) is 2. The second-order valence-corrected chi connectivity index (χ2v) is 8.07. The number of ether oxygens (including phenoxy) is 3. The predicted octanol–water partition coefficient (Wildman–Crippen LogP) is 1.74. The molecule has 8 nitrogen and oxygen atoms in total. The molecule has 0 saturated carbocycles. The molecule has 0 aromatic heterocycles. The third-order valence-corrected chi connectivity index (χ3v) is 3.32. The fraction of sp³-hybridized carbons (Fsp3) is 0.882. The van der Waals surface area contributed by atoms with Crippen LogP contribution in [0.2, 0.25) is 0 Å². The first-order valence-corrected chi connectivity index (χ1v) is 8.72. The third-order valence-electron chi connectivity index (χ3n) is 3.32. The molecule has 0 radical (unpaired) electrons. The standard InChI is InChI=1S/C17H33N3O5/c1-16(2,3)24-14(21)18-11-13(20-7-9-23-10-8-20)12-19-15(22)25-17(4,5)6/h13H,7-12H2,1-6H3,(H,18,21)(H,19,22). The lowest BCUT2D eigenvalue weighted by Crippen LogP contribution is -2.54. The van der Waals surface area contributed by atoms with Crippen LogP contribution < -0.4 is 10.6 Å². The summed E-state index contributed by atoms with van der Waals surface area (Å²) in [6, 6.07) is -0.0658. The van der Waals surface area contributed by atoms with Crippen molar-refractivity contribution >= 4 is 12.2 Å². The second-order valence-electron chi connectivity index (χ2n) is 8.07. The minimum Gasteiger partial charge on any atom is -0.444 e. The fourth-order valence-corrected chi connectivity index (χ4v) is 2.30. The van der Waals surface area contributed by atoms with Gasteiger partial charge < -0.3 is 24.8 Å². The highest BCUT2D eigenvalue weighted by atomic mass is 16.6. The van der Waals surface area contributed by atoms with Crippen LogP contribution in [0.3, 0.4) is 0 Å². The summed E-state index contributed by atoms with van der Waals surface area (Å²) < 4.78 is 15.9. The maximum atomic E-state index is 11.9. The van der Waals surface area contributed by atoms with Crippen LogP contribution in [0.4, 0.5) is 9.59 Å². The Kier molecular flexibility index (Phi) is 7.95. The van der Waals surface area contributed by atoms with E-state index in [2.05, 4.69) is 15.5 Å². The maximum Gasteiger partial charge on any atom is 0.407 e. The first-order valence-electron chi connectivity index (χ1n) is 8.72. The molecule has 1 saturated heterocycles. The van der Waals surface area contributed by atoms with Crippen LogP contribution in [-0.4, -0.2) is 73.7 Å². The molecule has 1 rings (SSSR count). The normalized spacial score (nSPS) is 16.4. The predicted molar refractivity (Wildman–Crippen MR) is 94.7 cm³/mol. The molecule has 0 aromatic carbocycles. The van der Waals surface area contributed by atoms with E-state index in [-0.39, 0.29) is 6.04 Å². The number of rotatable bonds is 5. The lowest BCUT2D eigenvalue weighted by atomic mass is 10.2. The zero-order chi connectivity index (χ0) is 19.1. The topological polar surface area (TPSA) is 89.1 Å². The van der Waals surface area contributed by atoms with Crippen LogP contribution in [0.25, 0.3) is 0 Å². The van der Waals surface area contributed by atoms with Crippen molar-refractivity contribution < 1.29 is 23.8 Å². The minimum absolute atomic E-state index is 0.0658. The Morgan fingerprint density at radius 2 is 1.32 bits per heavy atom. The monoisotopic (exact) mass is 359 g/mol. The molecule has 25 heavy (non-hydrogen) atoms. The summed E-state index contributed by atoms with van der Waals surface area (Å²) in [5.74, 6) is 0. The van der Waals surface area contributed by atoms with E-state index >= 15 is 0 Å². The van der Waals surface area contributed by atoms with Crippen LogP contribution in [0.5, 0.6) is 0 Å². The van der Waals surface area contributed by atoms with Gasteiger partial charge in [-0.25, -0.2) is 9.59 Å². The summed E-state index contributed by atoms with van der Waals surface area (Å²) in [7, 11) is 0. The van der Waals surface area contributed by atoms with Gasteiger partial charge in [0.25, 0.3) is 0 Å². The Morgan fingerprint density at radius 3 is 1.68 bits per heavy atom. The molecule has 1 heterocycles. The van der Waals surface area contributed by atoms with Gasteiger partial charge in [-0.05, 0) is 41.5 Å². The molecule has 8 heteroatoms. The van der Waals surface area contributed by atoms with Gasteiger partial charge in [-0.2, -0.15) is 0 Å². The molecular weight excluding hydrogens is 326 g/mol. The quantitative estimate of drug-likeness (QED) is 0.777. The Labute approximate surface area is 150 Å². The number of hydrogen-bond acceptors (Lipinski definition) is 6. The third kappa shape index (κ3) is 10.1. The number of nitrogens with zero attached hydrogens (tertiary/aromatic N) is 1. The molecule has 0 unspecified atom stereocenters. The first kappa shape index (κ1) is 21.5. The molecule has 1 aliphatic rings. The van der Waals surface area contributed by atoms with Crippen molar-refractivity contribution in [1.82, 2.24) is 15.5 Å². The smallest absolute Gasteiger partial charge is 0.407 e. The van der Waals surface area contributed by atoms with Crippen molar-refractivity contribution in [1.29, 1.82) is 0 Å². The molecule has 0 aromatic rings. The van der Waals surface area contributed by atoms with Gasteiger partial charge in [-0.3, -0.25) is 4.90 Å². The first-order chi connectivity index (χ1) is 11.5. The second kappa shape index (κ2) is 9.24. The highest BCUT2D eigenvalue weighted by molar-refractivity contribution is 5.68. The highest BCUT2D eigenvalue weighted by Crippen LogP contribution is 2.09. The Hall–Kier alpha value is -1.54. The Bertz CT molecular complexity index is 405. The zero-order valence-electron chi connectivity index (χ0n) is 16.3. The molecule has 2 N–H and O–H groups in total. The van der Waals surface area contributed by atoms with Crippen molar-refractivity contribution in [2.75, 3.05) is 39.4 Å². The van der Waals surface area contributed by atoms with E-state index in [0.29, 0.717) is 26.3 Å². The van der Waals surface area contributed by atoms with Gasteiger partial charge in [0, 0.05) is 32.2 Å². The van der Waals surface area contributed by atoms with Gasteiger partial charge >= 0.3 is 12.2 Å². The zero-order valence-corrected chi connectivity index (χ0v) is 16.3. The molecule has 146 valence electrons. The van der Waals surface area contributed by atoms with Crippen LogP contribution >= 0.6 is 0 Å². The summed E-state index contributed by atoms with van der Waals surface area (Å²) >= 11 is 0. The summed E-state index contributed by atoms with van der Waals surface area (Å²) in [4.78, 5) is 25.9. The number of alkyl carbamates (subject to hydrolysis) is 2. The van der Waals surface area contributed by atoms with E-state index in [1.165, 1.54) is 0 Å². The fourth-order valence-electron chi connectivity index (χ4n) is 2.30. The van der Waals surface area contributed by atoms with Crippen LogP contribution in [-0.2, 0) is 14.2 Å². The van der Waals surface area contributed by atoms with Crippen molar-refractivity contribution in [2.24, 2.45) is 0 Å². The molecule has 1 fully saturated rings. The van der Waals surface area contributed by atoms with Crippen molar-refractivity contribution in [3.8, 4) is 0 Å². The van der Waals surface area contributed by atoms with Gasteiger partial charge in [0.2, 0.25) is 0 Å². The lowest BCUT2D eigenvalue weighted by Gasteiger charge is -2.35. The van der Waals surface area contributed by atoms with Crippen LogP contribution in [0.1, 0.15) is 41.5 Å². The average molecular weight is 359 g/mol. The number of amides is 2. The highest BCUT2D eigenvalue weighted by Gasteiger charge is 2.24. The Balaban J connectivity index is 2.54. The summed E-state index contributed by atoms with van der Waals surface area (Å²) in [5.41, 5.74) is -1.10. The van der Waals surface area contributed by atoms with Crippen LogP contribution in [0, 0.1) is 0 Å². The molecule has 0 bridgehead atoms. The van der Waals surface area contributed by atoms with Gasteiger partial charge in [0.1, 0.15) is 11.2 Å². The molecule has 0 spiro atoms. The average Bonchev–Trinajstić information content (AvgIpc) is 2.44. The van der Waals surface area contributed by atoms with E-state index in [9.17, 15) is 9.59 Å². The van der Waals surface area contributed by atoms with E-state index < -0.39 is 23.4 Å². The summed E-state index contributed by atoms with van der Waals surface area (Å²) in [6.07, 6.45) is -0.939. The SMILES string of the molecule is CC(C)(C)OC(=O)NCC(CNC(=O)OC(C)(C)C)N1CCOCC1. The van der Waals surface area contributed by atoms with E-state index in [1.54, 1.807) is 0 Å². The van der Waals surface area contributed by atoms with E-state index in [4.69, 9.17) is 14.2 Å². The van der Waals surface area contributed by atoms with Crippen molar-refractivity contribution in [2.45, 2.75) is 58.8 Å². The molecule has 2 amide bonds. The maximum absolute atomic E-state index is 11.9. The van der Waals surface area contributed by atoms with Crippen LogP contribution in [0.15, 0.2) is 0 Å².